The summed E-state index contributed by atoms with van der Waals surface area (Å²) >= 11 is 0. The molecule has 0 aromatic carbocycles. The van der Waals surface area contributed by atoms with E-state index in [-0.39, 0.29) is 6.03 Å². The average molecular weight is 349 g/mol. The SMILES string of the molecule is CC1CN2CCCC2CN1C(=O)NC1CCCN(C2CCCCC2)C1. The Balaban J connectivity index is 1.30. The molecule has 5 nitrogen and oxygen atoms in total. The lowest BCUT2D eigenvalue weighted by Crippen LogP contribution is -2.61. The molecule has 3 unspecified atom stereocenters. The fourth-order valence-corrected chi connectivity index (χ4v) is 5.63. The Morgan fingerprint density at radius 2 is 1.48 bits per heavy atom. The van der Waals surface area contributed by atoms with Gasteiger partial charge in [-0.3, -0.25) is 9.80 Å². The van der Waals surface area contributed by atoms with Crippen LogP contribution in [0.4, 0.5) is 4.79 Å². The monoisotopic (exact) mass is 348 g/mol. The van der Waals surface area contributed by atoms with E-state index in [9.17, 15) is 4.79 Å². The lowest BCUT2D eigenvalue weighted by atomic mass is 9.92. The summed E-state index contributed by atoms with van der Waals surface area (Å²) in [5, 5.41) is 3.39. The van der Waals surface area contributed by atoms with Crippen LogP contribution >= 0.6 is 0 Å². The van der Waals surface area contributed by atoms with E-state index in [0.29, 0.717) is 18.1 Å². The Morgan fingerprint density at radius 3 is 2.28 bits per heavy atom. The van der Waals surface area contributed by atoms with Crippen LogP contribution in [0.25, 0.3) is 0 Å². The van der Waals surface area contributed by atoms with Crippen molar-refractivity contribution in [3.05, 3.63) is 0 Å². The number of carbonyl (C=O) groups excluding carboxylic acids is 1. The normalized spacial score (nSPS) is 35.6. The standard InChI is InChI=1S/C20H36N4O/c1-16-13-22-12-6-10-19(22)15-24(16)20(25)21-17-7-5-11-23(14-17)18-8-3-2-4-9-18/h16-19H,2-15H2,1H3,(H,21,25). The van der Waals surface area contributed by atoms with Crippen LogP contribution < -0.4 is 5.32 Å². The fraction of sp³-hybridized carbons (Fsp3) is 0.950. The zero-order valence-corrected chi connectivity index (χ0v) is 16.0. The highest BCUT2D eigenvalue weighted by Crippen LogP contribution is 2.27. The van der Waals surface area contributed by atoms with Gasteiger partial charge in [-0.25, -0.2) is 4.79 Å². The second-order valence-corrected chi connectivity index (χ2v) is 8.87. The molecule has 0 spiro atoms. The molecule has 5 heteroatoms. The molecule has 25 heavy (non-hydrogen) atoms. The molecule has 0 aromatic rings. The van der Waals surface area contributed by atoms with Crippen molar-refractivity contribution in [1.82, 2.24) is 20.0 Å². The maximum Gasteiger partial charge on any atom is 0.317 e. The van der Waals surface area contributed by atoms with Gasteiger partial charge < -0.3 is 10.2 Å². The van der Waals surface area contributed by atoms with Crippen molar-refractivity contribution in [2.45, 2.75) is 88.9 Å². The van der Waals surface area contributed by atoms with Crippen LogP contribution in [0.3, 0.4) is 0 Å². The van der Waals surface area contributed by atoms with Crippen LogP contribution in [0.5, 0.6) is 0 Å². The second kappa shape index (κ2) is 7.83. The molecule has 4 fully saturated rings. The summed E-state index contributed by atoms with van der Waals surface area (Å²) in [6.07, 6.45) is 11.8. The molecule has 3 saturated heterocycles. The van der Waals surface area contributed by atoms with Gasteiger partial charge in [-0.2, -0.15) is 0 Å². The molecular formula is C20H36N4O. The zero-order valence-electron chi connectivity index (χ0n) is 16.0. The first-order valence-electron chi connectivity index (χ1n) is 10.8. The number of rotatable bonds is 2. The molecule has 4 aliphatic rings. The highest BCUT2D eigenvalue weighted by atomic mass is 16.2. The molecule has 142 valence electrons. The van der Waals surface area contributed by atoms with Crippen LogP contribution in [0.15, 0.2) is 0 Å². The summed E-state index contributed by atoms with van der Waals surface area (Å²) in [4.78, 5) is 20.3. The minimum Gasteiger partial charge on any atom is -0.334 e. The number of likely N-dealkylation sites (tertiary alicyclic amines) is 1. The van der Waals surface area contributed by atoms with Crippen molar-refractivity contribution in [3.8, 4) is 0 Å². The molecule has 1 aliphatic carbocycles. The molecule has 0 radical (unpaired) electrons. The summed E-state index contributed by atoms with van der Waals surface area (Å²) in [5.41, 5.74) is 0. The summed E-state index contributed by atoms with van der Waals surface area (Å²) in [7, 11) is 0. The van der Waals surface area contributed by atoms with E-state index in [4.69, 9.17) is 0 Å². The van der Waals surface area contributed by atoms with Crippen LogP contribution in [0.1, 0.15) is 64.7 Å². The number of amides is 2. The van der Waals surface area contributed by atoms with Crippen LogP contribution in [0.2, 0.25) is 0 Å². The number of carbonyl (C=O) groups is 1. The lowest BCUT2D eigenvalue weighted by molar-refractivity contribution is 0.0726. The molecule has 1 N–H and O–H groups in total. The van der Waals surface area contributed by atoms with E-state index in [1.54, 1.807) is 0 Å². The second-order valence-electron chi connectivity index (χ2n) is 8.87. The number of hydrogen-bond donors (Lipinski definition) is 1. The molecule has 3 aliphatic heterocycles. The number of fused-ring (bicyclic) bond motifs is 1. The summed E-state index contributed by atoms with van der Waals surface area (Å²) in [6, 6.07) is 2.25. The van der Waals surface area contributed by atoms with Crippen molar-refractivity contribution in [2.24, 2.45) is 0 Å². The predicted molar refractivity (Wildman–Crippen MR) is 101 cm³/mol. The average Bonchev–Trinajstić information content (AvgIpc) is 3.09. The van der Waals surface area contributed by atoms with Gasteiger partial charge in [-0.15, -0.1) is 0 Å². The Kier molecular flexibility index (Phi) is 5.51. The molecular weight excluding hydrogens is 312 g/mol. The largest absolute Gasteiger partial charge is 0.334 e. The van der Waals surface area contributed by atoms with E-state index < -0.39 is 0 Å². The smallest absolute Gasteiger partial charge is 0.317 e. The summed E-state index contributed by atoms with van der Waals surface area (Å²) in [5.74, 6) is 0. The van der Waals surface area contributed by atoms with E-state index in [1.807, 2.05) is 0 Å². The highest BCUT2D eigenvalue weighted by Gasteiger charge is 2.37. The molecule has 0 bridgehead atoms. The topological polar surface area (TPSA) is 38.8 Å². The molecule has 3 heterocycles. The van der Waals surface area contributed by atoms with Crippen molar-refractivity contribution in [2.75, 3.05) is 32.7 Å². The van der Waals surface area contributed by atoms with E-state index >= 15 is 0 Å². The third-order valence-corrected chi connectivity index (χ3v) is 7.07. The number of hydrogen-bond acceptors (Lipinski definition) is 3. The fourth-order valence-electron chi connectivity index (χ4n) is 5.63. The maximum absolute atomic E-state index is 12.9. The first kappa shape index (κ1) is 17.6. The molecule has 0 aromatic heterocycles. The minimum atomic E-state index is 0.189. The van der Waals surface area contributed by atoms with Gasteiger partial charge in [0.1, 0.15) is 0 Å². The van der Waals surface area contributed by atoms with Gasteiger partial charge in [0.25, 0.3) is 0 Å². The quantitative estimate of drug-likeness (QED) is 0.834. The van der Waals surface area contributed by atoms with Gasteiger partial charge in [0.15, 0.2) is 0 Å². The summed E-state index contributed by atoms with van der Waals surface area (Å²) < 4.78 is 0. The van der Waals surface area contributed by atoms with Gasteiger partial charge in [0, 0.05) is 43.8 Å². The van der Waals surface area contributed by atoms with Crippen LogP contribution in [0, 0.1) is 0 Å². The third-order valence-electron chi connectivity index (χ3n) is 7.07. The van der Waals surface area contributed by atoms with Gasteiger partial charge in [-0.1, -0.05) is 19.3 Å². The van der Waals surface area contributed by atoms with Crippen LogP contribution in [-0.2, 0) is 0 Å². The first-order valence-corrected chi connectivity index (χ1v) is 10.8. The van der Waals surface area contributed by atoms with E-state index in [0.717, 1.165) is 32.1 Å². The van der Waals surface area contributed by atoms with Crippen molar-refractivity contribution in [1.29, 1.82) is 0 Å². The number of nitrogens with one attached hydrogen (secondary N) is 1. The van der Waals surface area contributed by atoms with Gasteiger partial charge >= 0.3 is 6.03 Å². The van der Waals surface area contributed by atoms with Gasteiger partial charge in [0.2, 0.25) is 0 Å². The van der Waals surface area contributed by atoms with E-state index in [2.05, 4.69) is 26.9 Å². The number of urea groups is 1. The first-order chi connectivity index (χ1) is 12.2. The Bertz CT molecular complexity index is 465. The minimum absolute atomic E-state index is 0.189. The maximum atomic E-state index is 12.9. The number of piperazine rings is 1. The van der Waals surface area contributed by atoms with Crippen molar-refractivity contribution in [3.63, 3.8) is 0 Å². The Morgan fingerprint density at radius 1 is 0.800 bits per heavy atom. The third kappa shape index (κ3) is 3.97. The Hall–Kier alpha value is -0.810. The van der Waals surface area contributed by atoms with Crippen molar-refractivity contribution < 1.29 is 4.79 Å². The van der Waals surface area contributed by atoms with E-state index in [1.165, 1.54) is 64.5 Å². The predicted octanol–water partition coefficient (Wildman–Crippen LogP) is 2.66. The highest BCUT2D eigenvalue weighted by molar-refractivity contribution is 5.75. The van der Waals surface area contributed by atoms with Gasteiger partial charge in [-0.05, 0) is 58.5 Å². The number of nitrogens with zero attached hydrogens (tertiary/aromatic N) is 3. The molecule has 1 saturated carbocycles. The number of piperidine rings is 1. The Labute approximate surface area is 153 Å². The van der Waals surface area contributed by atoms with Crippen LogP contribution in [-0.4, -0.2) is 77.6 Å². The van der Waals surface area contributed by atoms with Gasteiger partial charge in [0.05, 0.1) is 0 Å². The van der Waals surface area contributed by atoms with Crippen molar-refractivity contribution >= 4 is 6.03 Å². The molecule has 3 atom stereocenters. The molecule has 2 amide bonds. The zero-order chi connectivity index (χ0) is 17.2. The molecule has 4 rings (SSSR count). The lowest BCUT2D eigenvalue weighted by Gasteiger charge is -2.44. The summed E-state index contributed by atoms with van der Waals surface area (Å²) in [6.45, 7) is 7.71.